The summed E-state index contributed by atoms with van der Waals surface area (Å²) in [5, 5.41) is 14.0. The highest BCUT2D eigenvalue weighted by Gasteiger charge is 2.14. The number of rotatable bonds is 2. The van der Waals surface area contributed by atoms with Crippen molar-refractivity contribution in [3.63, 3.8) is 0 Å². The predicted molar refractivity (Wildman–Crippen MR) is 67.2 cm³/mol. The van der Waals surface area contributed by atoms with E-state index in [0.717, 1.165) is 11.1 Å². The van der Waals surface area contributed by atoms with Crippen molar-refractivity contribution >= 4 is 27.3 Å². The average Bonchev–Trinajstić information content (AvgIpc) is 2.67. The van der Waals surface area contributed by atoms with Crippen LogP contribution < -0.4 is 0 Å². The van der Waals surface area contributed by atoms with Gasteiger partial charge in [-0.15, -0.1) is 0 Å². The normalized spacial score (nSPS) is 12.8. The summed E-state index contributed by atoms with van der Waals surface area (Å²) in [6.45, 7) is 1.95. The molecule has 1 unspecified atom stereocenters. The first-order valence-corrected chi connectivity index (χ1v) is 6.49. The van der Waals surface area contributed by atoms with Crippen LogP contribution in [0, 0.1) is 12.7 Å². The molecule has 2 aromatic rings. The van der Waals surface area contributed by atoms with E-state index in [1.165, 1.54) is 6.07 Å². The van der Waals surface area contributed by atoms with Gasteiger partial charge in [-0.25, -0.2) is 4.39 Å². The van der Waals surface area contributed by atoms with E-state index in [4.69, 9.17) is 0 Å². The Morgan fingerprint density at radius 1 is 1.38 bits per heavy atom. The average molecular weight is 301 g/mol. The Bertz CT molecular complexity index is 509. The monoisotopic (exact) mass is 300 g/mol. The molecule has 84 valence electrons. The Morgan fingerprint density at radius 2 is 2.12 bits per heavy atom. The molecule has 1 atom stereocenters. The largest absolute Gasteiger partial charge is 0.384 e. The Hall–Kier alpha value is -0.710. The van der Waals surface area contributed by atoms with Crippen molar-refractivity contribution in [2.45, 2.75) is 13.0 Å². The maximum absolute atomic E-state index is 13.1. The van der Waals surface area contributed by atoms with Crippen LogP contribution in [0.2, 0.25) is 0 Å². The second kappa shape index (κ2) is 4.65. The smallest absolute Gasteiger partial charge is 0.137 e. The molecule has 0 amide bonds. The Balaban J connectivity index is 2.38. The van der Waals surface area contributed by atoms with Crippen LogP contribution in [-0.4, -0.2) is 5.11 Å². The first kappa shape index (κ1) is 11.8. The summed E-state index contributed by atoms with van der Waals surface area (Å²) < 4.78 is 13.4. The molecule has 0 fully saturated rings. The Kier molecular flexibility index (Phi) is 3.42. The molecule has 0 bridgehead atoms. The standard InChI is InChI=1S/C12H10BrFOS/c1-7-5-16-6-9(7)12(15)8-2-3-11(14)10(13)4-8/h2-6,12,15H,1H3. The maximum Gasteiger partial charge on any atom is 0.137 e. The van der Waals surface area contributed by atoms with E-state index in [0.29, 0.717) is 10.0 Å². The van der Waals surface area contributed by atoms with Crippen LogP contribution >= 0.6 is 27.3 Å². The minimum absolute atomic E-state index is 0.321. The highest BCUT2D eigenvalue weighted by Crippen LogP contribution is 2.29. The van der Waals surface area contributed by atoms with E-state index in [9.17, 15) is 9.50 Å². The number of halogens is 2. The molecule has 1 N–H and O–H groups in total. The van der Waals surface area contributed by atoms with E-state index < -0.39 is 6.10 Å². The number of aliphatic hydroxyl groups excluding tert-OH is 1. The summed E-state index contributed by atoms with van der Waals surface area (Å²) in [4.78, 5) is 0. The molecule has 0 radical (unpaired) electrons. The first-order chi connectivity index (χ1) is 7.59. The van der Waals surface area contributed by atoms with Gasteiger partial charge in [-0.2, -0.15) is 11.3 Å². The van der Waals surface area contributed by atoms with Crippen LogP contribution in [0.5, 0.6) is 0 Å². The van der Waals surface area contributed by atoms with Gasteiger partial charge < -0.3 is 5.11 Å². The topological polar surface area (TPSA) is 20.2 Å². The van der Waals surface area contributed by atoms with Crippen molar-refractivity contribution in [2.75, 3.05) is 0 Å². The SMILES string of the molecule is Cc1cscc1C(O)c1ccc(F)c(Br)c1. The van der Waals surface area contributed by atoms with E-state index in [2.05, 4.69) is 15.9 Å². The van der Waals surface area contributed by atoms with Gasteiger partial charge in [0.2, 0.25) is 0 Å². The number of aliphatic hydroxyl groups is 1. The molecule has 1 heterocycles. The third kappa shape index (κ3) is 2.19. The third-order valence-electron chi connectivity index (χ3n) is 2.45. The molecule has 0 saturated heterocycles. The third-order valence-corrected chi connectivity index (χ3v) is 3.94. The van der Waals surface area contributed by atoms with Crippen molar-refractivity contribution in [1.82, 2.24) is 0 Å². The van der Waals surface area contributed by atoms with Crippen LogP contribution in [0.25, 0.3) is 0 Å². The number of benzene rings is 1. The van der Waals surface area contributed by atoms with Gasteiger partial charge >= 0.3 is 0 Å². The van der Waals surface area contributed by atoms with Crippen molar-refractivity contribution < 1.29 is 9.50 Å². The summed E-state index contributed by atoms with van der Waals surface area (Å²) >= 11 is 4.66. The van der Waals surface area contributed by atoms with Gasteiger partial charge in [0.1, 0.15) is 11.9 Å². The molecule has 0 saturated carbocycles. The molecule has 1 aromatic carbocycles. The second-order valence-electron chi connectivity index (χ2n) is 3.59. The highest BCUT2D eigenvalue weighted by molar-refractivity contribution is 9.10. The minimum atomic E-state index is -0.692. The zero-order valence-corrected chi connectivity index (χ0v) is 11.0. The lowest BCUT2D eigenvalue weighted by Gasteiger charge is -2.11. The van der Waals surface area contributed by atoms with E-state index >= 15 is 0 Å². The molecule has 4 heteroatoms. The van der Waals surface area contributed by atoms with Crippen molar-refractivity contribution in [1.29, 1.82) is 0 Å². The highest BCUT2D eigenvalue weighted by atomic mass is 79.9. The molecule has 0 spiro atoms. The molecule has 2 rings (SSSR count). The summed E-state index contributed by atoms with van der Waals surface area (Å²) in [5.41, 5.74) is 2.62. The van der Waals surface area contributed by atoms with Gasteiger partial charge in [-0.3, -0.25) is 0 Å². The molecule has 16 heavy (non-hydrogen) atoms. The number of hydrogen-bond donors (Lipinski definition) is 1. The van der Waals surface area contributed by atoms with Crippen LogP contribution in [0.15, 0.2) is 33.4 Å². The summed E-state index contributed by atoms with van der Waals surface area (Å²) in [6, 6.07) is 4.56. The quantitative estimate of drug-likeness (QED) is 0.887. The lowest BCUT2D eigenvalue weighted by molar-refractivity contribution is 0.220. The van der Waals surface area contributed by atoms with Gasteiger partial charge in [0.25, 0.3) is 0 Å². The lowest BCUT2D eigenvalue weighted by atomic mass is 10.0. The maximum atomic E-state index is 13.1. The Morgan fingerprint density at radius 3 is 2.69 bits per heavy atom. The van der Waals surface area contributed by atoms with Crippen LogP contribution in [0.4, 0.5) is 4.39 Å². The van der Waals surface area contributed by atoms with Gasteiger partial charge in [-0.1, -0.05) is 6.07 Å². The van der Waals surface area contributed by atoms with Gasteiger partial charge in [0.05, 0.1) is 4.47 Å². The van der Waals surface area contributed by atoms with Gasteiger partial charge in [0.15, 0.2) is 0 Å². The van der Waals surface area contributed by atoms with E-state index in [1.807, 2.05) is 17.7 Å². The number of thiophene rings is 1. The van der Waals surface area contributed by atoms with Crippen LogP contribution in [0.3, 0.4) is 0 Å². The van der Waals surface area contributed by atoms with Crippen LogP contribution in [-0.2, 0) is 0 Å². The zero-order chi connectivity index (χ0) is 11.7. The molecular formula is C12H10BrFOS. The first-order valence-electron chi connectivity index (χ1n) is 4.75. The van der Waals surface area contributed by atoms with Gasteiger partial charge in [-0.05, 0) is 62.4 Å². The predicted octanol–water partition coefficient (Wildman–Crippen LogP) is 4.04. The fraction of sp³-hybridized carbons (Fsp3) is 0.167. The second-order valence-corrected chi connectivity index (χ2v) is 5.18. The molecule has 1 nitrogen and oxygen atoms in total. The Labute approximate surface area is 106 Å². The molecule has 1 aromatic heterocycles. The number of hydrogen-bond acceptors (Lipinski definition) is 2. The molecule has 0 aliphatic carbocycles. The van der Waals surface area contributed by atoms with E-state index in [-0.39, 0.29) is 5.82 Å². The number of aryl methyl sites for hydroxylation is 1. The van der Waals surface area contributed by atoms with Crippen molar-refractivity contribution in [3.05, 3.63) is 55.9 Å². The summed E-state index contributed by atoms with van der Waals surface area (Å²) in [6.07, 6.45) is -0.692. The van der Waals surface area contributed by atoms with Gasteiger partial charge in [0, 0.05) is 0 Å². The fourth-order valence-electron chi connectivity index (χ4n) is 1.51. The minimum Gasteiger partial charge on any atom is -0.384 e. The fourth-order valence-corrected chi connectivity index (χ4v) is 2.78. The van der Waals surface area contributed by atoms with E-state index in [1.54, 1.807) is 23.5 Å². The zero-order valence-electron chi connectivity index (χ0n) is 8.58. The van der Waals surface area contributed by atoms with Crippen molar-refractivity contribution in [2.24, 2.45) is 0 Å². The molecular weight excluding hydrogens is 291 g/mol. The summed E-state index contributed by atoms with van der Waals surface area (Å²) in [7, 11) is 0. The molecule has 0 aliphatic heterocycles. The lowest BCUT2D eigenvalue weighted by Crippen LogP contribution is -2.00. The molecule has 0 aliphatic rings. The van der Waals surface area contributed by atoms with Crippen molar-refractivity contribution in [3.8, 4) is 0 Å². The van der Waals surface area contributed by atoms with Crippen LogP contribution in [0.1, 0.15) is 22.8 Å². The summed E-state index contributed by atoms with van der Waals surface area (Å²) in [5.74, 6) is -0.321.